The maximum absolute atomic E-state index is 13.0. The van der Waals surface area contributed by atoms with Crippen LogP contribution in [0, 0.1) is 5.41 Å². The van der Waals surface area contributed by atoms with Gasteiger partial charge in [0.05, 0.1) is 6.54 Å². The Morgan fingerprint density at radius 1 is 1.38 bits per heavy atom. The first-order valence-electron chi connectivity index (χ1n) is 9.57. The maximum atomic E-state index is 13.0. The number of carbonyl (C=O) groups is 5. The highest BCUT2D eigenvalue weighted by atomic mass is 32.2. The van der Waals surface area contributed by atoms with Crippen molar-refractivity contribution < 1.29 is 33.8 Å². The molecule has 0 spiro atoms. The molecule has 1 aromatic rings. The molecule has 2 aliphatic rings. The van der Waals surface area contributed by atoms with Crippen LogP contribution in [-0.4, -0.2) is 76.7 Å². The van der Waals surface area contributed by atoms with Crippen molar-refractivity contribution in [1.29, 1.82) is 0 Å². The molecule has 2 unspecified atom stereocenters. The molecule has 12 nitrogen and oxygen atoms in total. The highest BCUT2D eigenvalue weighted by Gasteiger charge is 2.60. The zero-order chi connectivity index (χ0) is 23.6. The van der Waals surface area contributed by atoms with E-state index in [0.29, 0.717) is 11.4 Å². The van der Waals surface area contributed by atoms with Crippen molar-refractivity contribution in [3.63, 3.8) is 0 Å². The lowest BCUT2D eigenvalue weighted by atomic mass is 9.87. The fourth-order valence-electron chi connectivity index (χ4n) is 3.66. The number of β-lactam (4-membered cyclic amide) rings is 1. The second kappa shape index (κ2) is 9.04. The standard InChI is InChI=1S/C19H23N5O7S/c1-10(25)31-8-19(17(28)29)7-23-15(27)14(16(23)32-9-19)24(13(26)6-20)12-4-2-3-11(5-12)22-18(21)30/h2-5,14,16H,6-9,20H2,1H3,(H,28,29)(H3,21,22,30)/t14?,16-,19?/m1/s1. The lowest BCUT2D eigenvalue weighted by Crippen LogP contribution is -2.75. The Morgan fingerprint density at radius 2 is 2.09 bits per heavy atom. The van der Waals surface area contributed by atoms with Crippen molar-refractivity contribution in [3.05, 3.63) is 24.3 Å². The minimum absolute atomic E-state index is 0.0779. The van der Waals surface area contributed by atoms with E-state index < -0.39 is 46.6 Å². The van der Waals surface area contributed by atoms with Crippen LogP contribution in [-0.2, 0) is 23.9 Å². The summed E-state index contributed by atoms with van der Waals surface area (Å²) in [7, 11) is 0. The van der Waals surface area contributed by atoms with Gasteiger partial charge in [-0.05, 0) is 18.2 Å². The first-order chi connectivity index (χ1) is 15.1. The van der Waals surface area contributed by atoms with Gasteiger partial charge in [-0.15, -0.1) is 11.8 Å². The number of carboxylic acid groups (broad SMARTS) is 1. The van der Waals surface area contributed by atoms with Crippen LogP contribution >= 0.6 is 11.8 Å². The molecule has 0 bridgehead atoms. The molecule has 0 aromatic heterocycles. The molecule has 3 rings (SSSR count). The van der Waals surface area contributed by atoms with Crippen LogP contribution in [0.2, 0.25) is 0 Å². The summed E-state index contributed by atoms with van der Waals surface area (Å²) in [5.74, 6) is -2.69. The van der Waals surface area contributed by atoms with Crippen LogP contribution in [0.5, 0.6) is 0 Å². The maximum Gasteiger partial charge on any atom is 0.316 e. The number of carbonyl (C=O) groups excluding carboxylic acids is 4. The first kappa shape index (κ1) is 23.3. The Hall–Kier alpha value is -3.32. The van der Waals surface area contributed by atoms with Gasteiger partial charge in [0, 0.05) is 30.6 Å². The number of nitrogens with two attached hydrogens (primary N) is 2. The average Bonchev–Trinajstić information content (AvgIpc) is 2.74. The second-order valence-electron chi connectivity index (χ2n) is 7.49. The fourth-order valence-corrected chi connectivity index (χ4v) is 5.23. The van der Waals surface area contributed by atoms with Crippen LogP contribution < -0.4 is 21.7 Å². The second-order valence-corrected chi connectivity index (χ2v) is 8.59. The molecule has 2 fully saturated rings. The molecule has 32 heavy (non-hydrogen) atoms. The quantitative estimate of drug-likeness (QED) is 0.301. The van der Waals surface area contributed by atoms with E-state index in [0.717, 1.165) is 0 Å². The molecule has 13 heteroatoms. The molecule has 2 aliphatic heterocycles. The summed E-state index contributed by atoms with van der Waals surface area (Å²) >= 11 is 1.19. The molecule has 0 radical (unpaired) electrons. The molecule has 6 N–H and O–H groups in total. The molecule has 172 valence electrons. The average molecular weight is 465 g/mol. The van der Waals surface area contributed by atoms with Gasteiger partial charge in [0.2, 0.25) is 11.8 Å². The number of carboxylic acids is 1. The molecule has 4 amide bonds. The number of amides is 4. The van der Waals surface area contributed by atoms with Gasteiger partial charge in [-0.1, -0.05) is 6.07 Å². The third kappa shape index (κ3) is 4.34. The first-order valence-corrected chi connectivity index (χ1v) is 10.6. The molecule has 1 aromatic carbocycles. The number of primary amides is 1. The van der Waals surface area contributed by atoms with E-state index in [9.17, 15) is 29.1 Å². The van der Waals surface area contributed by atoms with Gasteiger partial charge in [0.25, 0.3) is 0 Å². The third-order valence-corrected chi connectivity index (χ3v) is 6.81. The molecule has 0 aliphatic carbocycles. The van der Waals surface area contributed by atoms with Gasteiger partial charge in [-0.25, -0.2) is 4.79 Å². The van der Waals surface area contributed by atoms with Crippen molar-refractivity contribution in [2.45, 2.75) is 18.3 Å². The van der Waals surface area contributed by atoms with Gasteiger partial charge in [-0.2, -0.15) is 0 Å². The summed E-state index contributed by atoms with van der Waals surface area (Å²) in [5.41, 5.74) is 9.93. The van der Waals surface area contributed by atoms with Crippen molar-refractivity contribution in [2.75, 3.05) is 35.7 Å². The molecule has 0 saturated carbocycles. The zero-order valence-corrected chi connectivity index (χ0v) is 18.0. The normalized spacial score (nSPS) is 24.1. The van der Waals surface area contributed by atoms with E-state index >= 15 is 0 Å². The summed E-state index contributed by atoms with van der Waals surface area (Å²) in [6.07, 6.45) is 0. The number of hydrogen-bond acceptors (Lipinski definition) is 8. The predicted octanol–water partition coefficient (Wildman–Crippen LogP) is -0.613. The number of hydrogen-bond donors (Lipinski definition) is 4. The number of anilines is 2. The number of urea groups is 1. The number of rotatable bonds is 7. The van der Waals surface area contributed by atoms with Gasteiger partial charge in [0.1, 0.15) is 23.4 Å². The number of aliphatic carboxylic acids is 1. The van der Waals surface area contributed by atoms with E-state index in [-0.39, 0.29) is 25.4 Å². The molecule has 2 heterocycles. The minimum atomic E-state index is -1.44. The Kier molecular flexibility index (Phi) is 6.60. The number of fused-ring (bicyclic) bond motifs is 1. The zero-order valence-electron chi connectivity index (χ0n) is 17.1. The number of esters is 1. The number of nitrogens with zero attached hydrogens (tertiary/aromatic N) is 2. The van der Waals surface area contributed by atoms with Crippen LogP contribution in [0.1, 0.15) is 6.92 Å². The number of ether oxygens (including phenoxy) is 1. The summed E-state index contributed by atoms with van der Waals surface area (Å²) in [5, 5.41) is 11.6. The van der Waals surface area contributed by atoms with E-state index in [4.69, 9.17) is 16.2 Å². The summed E-state index contributed by atoms with van der Waals surface area (Å²) < 4.78 is 4.94. The monoisotopic (exact) mass is 465 g/mol. The molecule has 2 saturated heterocycles. The lowest BCUT2D eigenvalue weighted by Gasteiger charge is -2.56. The summed E-state index contributed by atoms with van der Waals surface area (Å²) in [4.78, 5) is 62.6. The number of thioether (sulfide) groups is 1. The minimum Gasteiger partial charge on any atom is -0.481 e. The largest absolute Gasteiger partial charge is 0.481 e. The molecule has 3 atom stereocenters. The van der Waals surface area contributed by atoms with E-state index in [1.165, 1.54) is 34.6 Å². The van der Waals surface area contributed by atoms with E-state index in [1.807, 2.05) is 0 Å². The highest BCUT2D eigenvalue weighted by Crippen LogP contribution is 2.45. The van der Waals surface area contributed by atoms with Gasteiger partial charge >= 0.3 is 18.0 Å². The summed E-state index contributed by atoms with van der Waals surface area (Å²) in [6.45, 7) is 0.297. The van der Waals surface area contributed by atoms with Gasteiger partial charge < -0.3 is 31.5 Å². The van der Waals surface area contributed by atoms with Crippen LogP contribution in [0.3, 0.4) is 0 Å². The van der Waals surface area contributed by atoms with E-state index in [1.54, 1.807) is 18.2 Å². The van der Waals surface area contributed by atoms with Crippen LogP contribution in [0.25, 0.3) is 0 Å². The summed E-state index contributed by atoms with van der Waals surface area (Å²) in [6, 6.07) is 4.54. The number of nitrogens with one attached hydrogen (secondary N) is 1. The van der Waals surface area contributed by atoms with Crippen LogP contribution in [0.15, 0.2) is 24.3 Å². The Labute approximate surface area is 187 Å². The van der Waals surface area contributed by atoms with Crippen molar-refractivity contribution in [3.8, 4) is 0 Å². The lowest BCUT2D eigenvalue weighted by molar-refractivity contribution is -0.164. The topological polar surface area (TPSA) is 185 Å². The smallest absolute Gasteiger partial charge is 0.316 e. The SMILES string of the molecule is CC(=O)OCC1(C(=O)O)CS[C@@H]2C(N(C(=O)CN)c3cccc(NC(N)=O)c3)C(=O)N2C1. The molecular formula is C19H23N5O7S. The van der Waals surface area contributed by atoms with Crippen molar-refractivity contribution in [1.82, 2.24) is 4.90 Å². The highest BCUT2D eigenvalue weighted by molar-refractivity contribution is 8.00. The Morgan fingerprint density at radius 3 is 2.69 bits per heavy atom. The van der Waals surface area contributed by atoms with Crippen molar-refractivity contribution in [2.24, 2.45) is 16.9 Å². The van der Waals surface area contributed by atoms with Gasteiger partial charge in [-0.3, -0.25) is 24.1 Å². The van der Waals surface area contributed by atoms with Crippen molar-refractivity contribution >= 4 is 52.9 Å². The third-order valence-electron chi connectivity index (χ3n) is 5.24. The molecular weight excluding hydrogens is 442 g/mol. The van der Waals surface area contributed by atoms with Gasteiger partial charge in [0.15, 0.2) is 0 Å². The Balaban J connectivity index is 1.86. The predicted molar refractivity (Wildman–Crippen MR) is 115 cm³/mol. The number of benzene rings is 1. The fraction of sp³-hybridized carbons (Fsp3) is 0.421. The van der Waals surface area contributed by atoms with E-state index in [2.05, 4.69) is 5.32 Å². The Bertz CT molecular complexity index is 973. The van der Waals surface area contributed by atoms with Crippen LogP contribution in [0.4, 0.5) is 16.2 Å².